The number of nitrogens with one attached hydrogen (secondary N) is 1. The van der Waals surface area contributed by atoms with E-state index in [1.807, 2.05) is 6.07 Å². The fraction of sp³-hybridized carbons (Fsp3) is 0.118. The van der Waals surface area contributed by atoms with Crippen LogP contribution in [0.1, 0.15) is 11.1 Å². The lowest BCUT2D eigenvalue weighted by molar-refractivity contribution is -0.384. The molecule has 1 amide bonds. The molecule has 0 aliphatic rings. The smallest absolute Gasteiger partial charge is 0.269 e. The van der Waals surface area contributed by atoms with Crippen molar-refractivity contribution in [2.24, 2.45) is 0 Å². The van der Waals surface area contributed by atoms with Crippen molar-refractivity contribution in [1.29, 1.82) is 0 Å². The molecule has 0 heterocycles. The summed E-state index contributed by atoms with van der Waals surface area (Å²) >= 11 is 5.85. The predicted octanol–water partition coefficient (Wildman–Crippen LogP) is 2.96. The Balaban J connectivity index is 1.82. The van der Waals surface area contributed by atoms with Crippen LogP contribution in [0, 0.1) is 22.0 Å². The predicted molar refractivity (Wildman–Crippen MR) is 88.1 cm³/mol. The molecule has 116 valence electrons. The van der Waals surface area contributed by atoms with Gasteiger partial charge in [0.2, 0.25) is 5.91 Å². The van der Waals surface area contributed by atoms with E-state index in [0.717, 1.165) is 5.56 Å². The van der Waals surface area contributed by atoms with E-state index in [1.54, 1.807) is 30.3 Å². The van der Waals surface area contributed by atoms with Crippen molar-refractivity contribution >= 4 is 23.2 Å². The van der Waals surface area contributed by atoms with Crippen LogP contribution >= 0.6 is 11.6 Å². The lowest BCUT2D eigenvalue weighted by atomic mass is 10.1. The van der Waals surface area contributed by atoms with Crippen molar-refractivity contribution in [3.05, 3.63) is 74.8 Å². The first kappa shape index (κ1) is 16.5. The molecule has 0 atom stereocenters. The number of carbonyl (C=O) groups excluding carboxylic acids is 1. The standard InChI is InChI=1S/C17H13ClN2O3/c18-15-5-1-3-13(11-15)4-2-10-19-17(21)12-14-6-8-16(9-7-14)20(22)23/h1,3,5-9,11H,10,12H2,(H,19,21). The maximum absolute atomic E-state index is 11.8. The Kier molecular flexibility index (Phi) is 5.73. The van der Waals surface area contributed by atoms with Crippen LogP contribution in [-0.4, -0.2) is 17.4 Å². The third-order valence-electron chi connectivity index (χ3n) is 2.94. The molecular formula is C17H13ClN2O3. The molecule has 0 unspecified atom stereocenters. The molecular weight excluding hydrogens is 316 g/mol. The Bertz CT molecular complexity index is 776. The van der Waals surface area contributed by atoms with Crippen LogP contribution in [0.25, 0.3) is 0 Å². The largest absolute Gasteiger partial charge is 0.345 e. The maximum atomic E-state index is 11.8. The van der Waals surface area contributed by atoms with Crippen LogP contribution in [0.2, 0.25) is 5.02 Å². The third kappa shape index (κ3) is 5.46. The van der Waals surface area contributed by atoms with Gasteiger partial charge in [-0.05, 0) is 23.8 Å². The van der Waals surface area contributed by atoms with Gasteiger partial charge < -0.3 is 5.32 Å². The monoisotopic (exact) mass is 328 g/mol. The third-order valence-corrected chi connectivity index (χ3v) is 3.18. The number of hydrogen-bond acceptors (Lipinski definition) is 3. The highest BCUT2D eigenvalue weighted by atomic mass is 35.5. The van der Waals surface area contributed by atoms with E-state index in [0.29, 0.717) is 10.6 Å². The van der Waals surface area contributed by atoms with Crippen LogP contribution in [-0.2, 0) is 11.2 Å². The zero-order chi connectivity index (χ0) is 16.7. The quantitative estimate of drug-likeness (QED) is 0.533. The van der Waals surface area contributed by atoms with Gasteiger partial charge in [-0.2, -0.15) is 0 Å². The Morgan fingerprint density at radius 3 is 2.61 bits per heavy atom. The van der Waals surface area contributed by atoms with Crippen molar-refractivity contribution in [2.45, 2.75) is 6.42 Å². The molecule has 0 spiro atoms. The van der Waals surface area contributed by atoms with Crippen molar-refractivity contribution in [3.63, 3.8) is 0 Å². The van der Waals surface area contributed by atoms with Gasteiger partial charge in [0.25, 0.3) is 5.69 Å². The Labute approximate surface area is 138 Å². The molecule has 2 rings (SSSR count). The molecule has 0 radical (unpaired) electrons. The molecule has 0 saturated carbocycles. The second kappa shape index (κ2) is 7.97. The zero-order valence-electron chi connectivity index (χ0n) is 12.1. The Hall–Kier alpha value is -2.84. The van der Waals surface area contributed by atoms with Crippen molar-refractivity contribution < 1.29 is 9.72 Å². The number of nitro groups is 1. The fourth-order valence-corrected chi connectivity index (χ4v) is 2.03. The topological polar surface area (TPSA) is 72.2 Å². The van der Waals surface area contributed by atoms with E-state index in [4.69, 9.17) is 11.6 Å². The van der Waals surface area contributed by atoms with Crippen LogP contribution in [0.3, 0.4) is 0 Å². The molecule has 2 aromatic rings. The number of halogens is 1. The van der Waals surface area contributed by atoms with Gasteiger partial charge in [-0.3, -0.25) is 14.9 Å². The van der Waals surface area contributed by atoms with E-state index >= 15 is 0 Å². The number of nitro benzene ring substituents is 1. The number of rotatable bonds is 4. The second-order valence-electron chi connectivity index (χ2n) is 4.69. The SMILES string of the molecule is O=C(Cc1ccc([N+](=O)[O-])cc1)NCC#Cc1cccc(Cl)c1. The van der Waals surface area contributed by atoms with Crippen molar-refractivity contribution in [3.8, 4) is 11.8 Å². The molecule has 2 aromatic carbocycles. The summed E-state index contributed by atoms with van der Waals surface area (Å²) in [5, 5.41) is 13.8. The zero-order valence-corrected chi connectivity index (χ0v) is 12.8. The van der Waals surface area contributed by atoms with Gasteiger partial charge in [0.05, 0.1) is 17.9 Å². The van der Waals surface area contributed by atoms with E-state index in [-0.39, 0.29) is 24.6 Å². The maximum Gasteiger partial charge on any atom is 0.269 e. The number of benzene rings is 2. The molecule has 0 fully saturated rings. The summed E-state index contributed by atoms with van der Waals surface area (Å²) in [6.45, 7) is 0.221. The summed E-state index contributed by atoms with van der Waals surface area (Å²) in [5.41, 5.74) is 1.49. The molecule has 0 aromatic heterocycles. The fourth-order valence-electron chi connectivity index (χ4n) is 1.84. The highest BCUT2D eigenvalue weighted by Gasteiger charge is 2.06. The van der Waals surface area contributed by atoms with E-state index in [1.165, 1.54) is 12.1 Å². The van der Waals surface area contributed by atoms with Gasteiger partial charge >= 0.3 is 0 Å². The summed E-state index contributed by atoms with van der Waals surface area (Å²) in [4.78, 5) is 21.8. The number of amides is 1. The Morgan fingerprint density at radius 1 is 1.22 bits per heavy atom. The van der Waals surface area contributed by atoms with Crippen LogP contribution in [0.4, 0.5) is 5.69 Å². The first-order valence-corrected chi connectivity index (χ1v) is 7.17. The molecule has 6 heteroatoms. The van der Waals surface area contributed by atoms with Crippen LogP contribution in [0.5, 0.6) is 0 Å². The van der Waals surface area contributed by atoms with Gasteiger partial charge in [-0.15, -0.1) is 0 Å². The second-order valence-corrected chi connectivity index (χ2v) is 5.13. The number of non-ortho nitro benzene ring substituents is 1. The highest BCUT2D eigenvalue weighted by molar-refractivity contribution is 6.30. The summed E-state index contributed by atoms with van der Waals surface area (Å²) < 4.78 is 0. The summed E-state index contributed by atoms with van der Waals surface area (Å²) in [6, 6.07) is 13.0. The number of nitrogens with zero attached hydrogens (tertiary/aromatic N) is 1. The van der Waals surface area contributed by atoms with E-state index in [9.17, 15) is 14.9 Å². The summed E-state index contributed by atoms with van der Waals surface area (Å²) in [6.07, 6.45) is 0.150. The van der Waals surface area contributed by atoms with Crippen LogP contribution in [0.15, 0.2) is 48.5 Å². The minimum Gasteiger partial charge on any atom is -0.345 e. The minimum atomic E-state index is -0.477. The molecule has 0 aliphatic heterocycles. The van der Waals surface area contributed by atoms with Gasteiger partial charge in [0, 0.05) is 22.7 Å². The molecule has 1 N–H and O–H groups in total. The van der Waals surface area contributed by atoms with E-state index < -0.39 is 4.92 Å². The first-order valence-electron chi connectivity index (χ1n) is 6.79. The lowest BCUT2D eigenvalue weighted by Gasteiger charge is -2.01. The van der Waals surface area contributed by atoms with Crippen molar-refractivity contribution in [1.82, 2.24) is 5.32 Å². The summed E-state index contributed by atoms with van der Waals surface area (Å²) in [7, 11) is 0. The normalized spacial score (nSPS) is 9.61. The average Bonchev–Trinajstić information content (AvgIpc) is 2.52. The average molecular weight is 329 g/mol. The molecule has 0 aliphatic carbocycles. The lowest BCUT2D eigenvalue weighted by Crippen LogP contribution is -2.25. The highest BCUT2D eigenvalue weighted by Crippen LogP contribution is 2.12. The Morgan fingerprint density at radius 2 is 1.96 bits per heavy atom. The number of carbonyl (C=O) groups is 1. The summed E-state index contributed by atoms with van der Waals surface area (Å²) in [5.74, 6) is 5.55. The van der Waals surface area contributed by atoms with Gasteiger partial charge in [0.15, 0.2) is 0 Å². The van der Waals surface area contributed by atoms with Crippen molar-refractivity contribution in [2.75, 3.05) is 6.54 Å². The molecule has 5 nitrogen and oxygen atoms in total. The van der Waals surface area contributed by atoms with Gasteiger partial charge in [-0.1, -0.05) is 41.6 Å². The van der Waals surface area contributed by atoms with Crippen LogP contribution < -0.4 is 5.32 Å². The molecule has 0 saturated heterocycles. The van der Waals surface area contributed by atoms with Gasteiger partial charge in [-0.25, -0.2) is 0 Å². The molecule has 23 heavy (non-hydrogen) atoms. The van der Waals surface area contributed by atoms with E-state index in [2.05, 4.69) is 17.2 Å². The number of hydrogen-bond donors (Lipinski definition) is 1. The minimum absolute atomic E-state index is 0.00143. The molecule has 0 bridgehead atoms. The first-order chi connectivity index (χ1) is 11.0. The van der Waals surface area contributed by atoms with Gasteiger partial charge in [0.1, 0.15) is 0 Å².